The van der Waals surface area contributed by atoms with Crippen LogP contribution in [0.5, 0.6) is 5.75 Å². The lowest BCUT2D eigenvalue weighted by molar-refractivity contribution is -0.274. The predicted octanol–water partition coefficient (Wildman–Crippen LogP) is 3.80. The van der Waals surface area contributed by atoms with Crippen LogP contribution >= 0.6 is 0 Å². The zero-order valence-corrected chi connectivity index (χ0v) is 13.1. The maximum atomic E-state index is 12.2. The summed E-state index contributed by atoms with van der Waals surface area (Å²) < 4.78 is 40.5. The van der Waals surface area contributed by atoms with Crippen LogP contribution in [0.3, 0.4) is 0 Å². The third-order valence-corrected chi connectivity index (χ3v) is 5.03. The number of nitrogens with zero attached hydrogens (tertiary/aromatic N) is 1. The fourth-order valence-corrected chi connectivity index (χ4v) is 4.03. The van der Waals surface area contributed by atoms with Gasteiger partial charge >= 0.3 is 12.3 Å². The molecule has 7 heteroatoms. The van der Waals surface area contributed by atoms with Crippen molar-refractivity contribution in [2.24, 2.45) is 5.92 Å². The lowest BCUT2D eigenvalue weighted by atomic mass is 9.84. The lowest BCUT2D eigenvalue weighted by Gasteiger charge is -2.33. The maximum absolute atomic E-state index is 12.2. The van der Waals surface area contributed by atoms with Crippen LogP contribution in [0, 0.1) is 5.92 Å². The van der Waals surface area contributed by atoms with Crippen molar-refractivity contribution in [3.63, 3.8) is 0 Å². The number of halogens is 3. The summed E-state index contributed by atoms with van der Waals surface area (Å²) in [5, 5.41) is 9.49. The number of ether oxygens (including phenoxy) is 1. The van der Waals surface area contributed by atoms with E-state index in [9.17, 15) is 23.1 Å². The minimum absolute atomic E-state index is 0.256. The number of benzene rings is 1. The van der Waals surface area contributed by atoms with Gasteiger partial charge in [-0.1, -0.05) is 25.0 Å². The molecule has 2 aliphatic rings. The Morgan fingerprint density at radius 1 is 1.21 bits per heavy atom. The normalized spacial score (nSPS) is 27.7. The number of alkyl halides is 3. The molecule has 2 fully saturated rings. The van der Waals surface area contributed by atoms with Crippen molar-refractivity contribution in [1.82, 2.24) is 4.90 Å². The molecular weight excluding hydrogens is 323 g/mol. The molecule has 24 heavy (non-hydrogen) atoms. The van der Waals surface area contributed by atoms with Crippen molar-refractivity contribution in [1.29, 1.82) is 0 Å². The second kappa shape index (κ2) is 6.63. The van der Waals surface area contributed by atoms with Gasteiger partial charge in [0.25, 0.3) is 0 Å². The maximum Gasteiger partial charge on any atom is 0.573 e. The van der Waals surface area contributed by atoms with E-state index in [0.717, 1.165) is 31.2 Å². The molecule has 1 aliphatic heterocycles. The highest BCUT2D eigenvalue weighted by Crippen LogP contribution is 2.40. The minimum Gasteiger partial charge on any atom is -0.480 e. The van der Waals surface area contributed by atoms with E-state index < -0.39 is 18.4 Å². The van der Waals surface area contributed by atoms with E-state index in [0.29, 0.717) is 18.9 Å². The number of carboxylic acids is 1. The van der Waals surface area contributed by atoms with Gasteiger partial charge in [0.05, 0.1) is 0 Å². The highest BCUT2D eigenvalue weighted by Gasteiger charge is 2.44. The van der Waals surface area contributed by atoms with E-state index in [1.165, 1.54) is 12.1 Å². The molecule has 1 saturated heterocycles. The van der Waals surface area contributed by atoms with Gasteiger partial charge in [-0.2, -0.15) is 0 Å². The SMILES string of the molecule is O=C(O)[C@@H]1C[C@H]2CCCC[C@@H]2N1Cc1ccc(OC(F)(F)F)cc1. The molecule has 4 nitrogen and oxygen atoms in total. The molecule has 0 unspecified atom stereocenters. The Kier molecular flexibility index (Phi) is 4.71. The van der Waals surface area contributed by atoms with E-state index in [4.69, 9.17) is 0 Å². The molecule has 0 radical (unpaired) electrons. The monoisotopic (exact) mass is 343 g/mol. The van der Waals surface area contributed by atoms with Gasteiger partial charge in [-0.15, -0.1) is 13.2 Å². The fourth-order valence-electron chi connectivity index (χ4n) is 4.03. The summed E-state index contributed by atoms with van der Waals surface area (Å²) in [6, 6.07) is 5.42. The molecule has 1 aromatic carbocycles. The Hall–Kier alpha value is -1.76. The molecule has 1 aliphatic carbocycles. The first kappa shape index (κ1) is 17.1. The average Bonchev–Trinajstić information content (AvgIpc) is 2.87. The third-order valence-electron chi connectivity index (χ3n) is 5.03. The first-order valence-electron chi connectivity index (χ1n) is 8.17. The summed E-state index contributed by atoms with van der Waals surface area (Å²) in [7, 11) is 0. The summed E-state index contributed by atoms with van der Waals surface area (Å²) >= 11 is 0. The Bertz CT molecular complexity index is 588. The van der Waals surface area contributed by atoms with Gasteiger partial charge in [0.1, 0.15) is 11.8 Å². The molecular formula is C17H20F3NO3. The number of carbonyl (C=O) groups is 1. The lowest BCUT2D eigenvalue weighted by Crippen LogP contribution is -2.41. The Labute approximate surface area is 138 Å². The van der Waals surface area contributed by atoms with E-state index in [1.54, 1.807) is 12.1 Å². The first-order valence-corrected chi connectivity index (χ1v) is 8.17. The van der Waals surface area contributed by atoms with Gasteiger partial charge in [0, 0.05) is 12.6 Å². The van der Waals surface area contributed by atoms with Crippen molar-refractivity contribution in [3.05, 3.63) is 29.8 Å². The van der Waals surface area contributed by atoms with Gasteiger partial charge in [-0.05, 0) is 42.9 Å². The molecule has 1 aromatic rings. The van der Waals surface area contributed by atoms with Crippen molar-refractivity contribution >= 4 is 5.97 Å². The number of hydrogen-bond donors (Lipinski definition) is 1. The van der Waals surface area contributed by atoms with Gasteiger partial charge < -0.3 is 9.84 Å². The van der Waals surface area contributed by atoms with Crippen LogP contribution in [0.1, 0.15) is 37.7 Å². The van der Waals surface area contributed by atoms with E-state index in [2.05, 4.69) is 4.74 Å². The number of likely N-dealkylation sites (tertiary alicyclic amines) is 1. The van der Waals surface area contributed by atoms with Gasteiger partial charge in [-0.25, -0.2) is 0 Å². The highest BCUT2D eigenvalue weighted by atomic mass is 19.4. The molecule has 1 N–H and O–H groups in total. The first-order chi connectivity index (χ1) is 11.3. The smallest absolute Gasteiger partial charge is 0.480 e. The fraction of sp³-hybridized carbons (Fsp3) is 0.588. The summed E-state index contributed by atoms with van der Waals surface area (Å²) in [5.41, 5.74) is 0.794. The Morgan fingerprint density at radius 3 is 2.50 bits per heavy atom. The van der Waals surface area contributed by atoms with Crippen LogP contribution in [0.4, 0.5) is 13.2 Å². The quantitative estimate of drug-likeness (QED) is 0.903. The zero-order valence-electron chi connectivity index (χ0n) is 13.1. The number of hydrogen-bond acceptors (Lipinski definition) is 3. The van der Waals surface area contributed by atoms with Gasteiger partial charge in [0.15, 0.2) is 0 Å². The number of fused-ring (bicyclic) bond motifs is 1. The molecule has 0 amide bonds. The van der Waals surface area contributed by atoms with Crippen LogP contribution < -0.4 is 4.74 Å². The van der Waals surface area contributed by atoms with Gasteiger partial charge in [-0.3, -0.25) is 9.69 Å². The van der Waals surface area contributed by atoms with Crippen LogP contribution in [-0.2, 0) is 11.3 Å². The second-order valence-corrected chi connectivity index (χ2v) is 6.57. The molecule has 0 aromatic heterocycles. The number of rotatable bonds is 4. The molecule has 1 heterocycles. The topological polar surface area (TPSA) is 49.8 Å². The molecule has 3 atom stereocenters. The predicted molar refractivity (Wildman–Crippen MR) is 80.5 cm³/mol. The highest BCUT2D eigenvalue weighted by molar-refractivity contribution is 5.74. The summed E-state index contributed by atoms with van der Waals surface area (Å²) in [6.07, 6.45) is 0.246. The van der Waals surface area contributed by atoms with Crippen molar-refractivity contribution < 1.29 is 27.8 Å². The van der Waals surface area contributed by atoms with Crippen molar-refractivity contribution in [3.8, 4) is 5.75 Å². The van der Waals surface area contributed by atoms with Crippen LogP contribution in [0.2, 0.25) is 0 Å². The second-order valence-electron chi connectivity index (χ2n) is 6.57. The summed E-state index contributed by atoms with van der Waals surface area (Å²) in [5.74, 6) is -0.674. The molecule has 132 valence electrons. The number of carboxylic acid groups (broad SMARTS) is 1. The largest absolute Gasteiger partial charge is 0.573 e. The minimum atomic E-state index is -4.71. The third kappa shape index (κ3) is 3.83. The average molecular weight is 343 g/mol. The zero-order chi connectivity index (χ0) is 17.3. The Balaban J connectivity index is 1.72. The van der Waals surface area contributed by atoms with E-state index in [-0.39, 0.29) is 11.8 Å². The Morgan fingerprint density at radius 2 is 1.88 bits per heavy atom. The number of aliphatic carboxylic acids is 1. The van der Waals surface area contributed by atoms with Crippen LogP contribution in [-0.4, -0.2) is 34.4 Å². The molecule has 0 bridgehead atoms. The van der Waals surface area contributed by atoms with E-state index >= 15 is 0 Å². The molecule has 1 saturated carbocycles. The summed E-state index contributed by atoms with van der Waals surface area (Å²) in [4.78, 5) is 13.6. The van der Waals surface area contributed by atoms with Crippen molar-refractivity contribution in [2.45, 2.75) is 57.1 Å². The standard InChI is InChI=1S/C17H20F3NO3/c18-17(19,20)24-13-7-5-11(6-8-13)10-21-14-4-2-1-3-12(14)9-15(21)16(22)23/h5-8,12,14-15H,1-4,9-10H2,(H,22,23)/t12-,14+,15+/m1/s1. The van der Waals surface area contributed by atoms with E-state index in [1.807, 2.05) is 4.90 Å². The van der Waals surface area contributed by atoms with Crippen molar-refractivity contribution in [2.75, 3.05) is 0 Å². The van der Waals surface area contributed by atoms with Gasteiger partial charge in [0.2, 0.25) is 0 Å². The van der Waals surface area contributed by atoms with Crippen LogP contribution in [0.15, 0.2) is 24.3 Å². The molecule has 0 spiro atoms. The summed E-state index contributed by atoms with van der Waals surface area (Å²) in [6.45, 7) is 0.435. The molecule has 3 rings (SSSR count). The van der Waals surface area contributed by atoms with Crippen LogP contribution in [0.25, 0.3) is 0 Å².